The van der Waals surface area contributed by atoms with E-state index >= 15 is 0 Å². The monoisotopic (exact) mass is 580 g/mol. The number of carbonyl (C=O) groups excluding carboxylic acids is 2. The molecule has 2 atom stereocenters. The van der Waals surface area contributed by atoms with Crippen LogP contribution in [0.4, 0.5) is 0 Å². The fraction of sp³-hybridized carbons (Fsp3) is 0.500. The molecule has 0 radical (unpaired) electrons. The van der Waals surface area contributed by atoms with Crippen LogP contribution in [0.25, 0.3) is 12.2 Å². The van der Waals surface area contributed by atoms with Gasteiger partial charge in [0.05, 0.1) is 20.8 Å². The molecule has 6 heteroatoms. The summed E-state index contributed by atoms with van der Waals surface area (Å²) in [6, 6.07) is 15.1. The number of ether oxygens (including phenoxy) is 4. The van der Waals surface area contributed by atoms with Crippen LogP contribution in [0.15, 0.2) is 60.7 Å². The molecule has 0 aliphatic heterocycles. The minimum atomic E-state index is -0.277. The van der Waals surface area contributed by atoms with Gasteiger partial charge in [-0.15, -0.1) is 0 Å². The van der Waals surface area contributed by atoms with Crippen LogP contribution < -0.4 is 9.47 Å². The number of esters is 2. The van der Waals surface area contributed by atoms with Gasteiger partial charge in [0.25, 0.3) is 0 Å². The maximum absolute atomic E-state index is 11.8. The molecule has 2 aromatic rings. The van der Waals surface area contributed by atoms with E-state index < -0.39 is 0 Å². The molecule has 6 nitrogen and oxygen atoms in total. The molecule has 0 amide bonds. The van der Waals surface area contributed by atoms with E-state index in [2.05, 4.69) is 27.7 Å². The van der Waals surface area contributed by atoms with E-state index in [1.807, 2.05) is 48.5 Å². The summed E-state index contributed by atoms with van der Waals surface area (Å²) >= 11 is 0. The standard InChI is InChI=1S/2C18H26O3/c1-4-6-7-15(5-2)14-21-18(19)13-10-16-8-11-17(20-3)12-9-16;1-4-6-7-8-16(5-2)21-18(19)14-11-15-9-12-17(20-3)13-10-15/h8-13,15H,4-7,14H2,1-3H3;9-14,16H,4-8H2,1-3H3/b13-10+;14-11+. The summed E-state index contributed by atoms with van der Waals surface area (Å²) in [6.45, 7) is 9.06. The Labute approximate surface area is 254 Å². The first-order valence-corrected chi connectivity index (χ1v) is 15.4. The van der Waals surface area contributed by atoms with E-state index in [1.165, 1.54) is 37.8 Å². The van der Waals surface area contributed by atoms with Gasteiger partial charge in [-0.05, 0) is 79.1 Å². The van der Waals surface area contributed by atoms with Crippen LogP contribution >= 0.6 is 0 Å². The minimum absolute atomic E-state index is 0.0320. The lowest BCUT2D eigenvalue weighted by molar-refractivity contribution is -0.143. The van der Waals surface area contributed by atoms with Gasteiger partial charge in [0.2, 0.25) is 0 Å². The summed E-state index contributed by atoms with van der Waals surface area (Å²) in [5.41, 5.74) is 1.90. The summed E-state index contributed by atoms with van der Waals surface area (Å²) in [5.74, 6) is 1.53. The van der Waals surface area contributed by atoms with Crippen molar-refractivity contribution in [1.29, 1.82) is 0 Å². The van der Waals surface area contributed by atoms with Crippen molar-refractivity contribution < 1.29 is 28.5 Å². The van der Waals surface area contributed by atoms with Crippen molar-refractivity contribution in [2.45, 2.75) is 91.6 Å². The highest BCUT2D eigenvalue weighted by molar-refractivity contribution is 5.87. The van der Waals surface area contributed by atoms with Crippen LogP contribution in [-0.4, -0.2) is 38.9 Å². The van der Waals surface area contributed by atoms with Crippen LogP contribution in [0.3, 0.4) is 0 Å². The quantitative estimate of drug-likeness (QED) is 0.0995. The van der Waals surface area contributed by atoms with Crippen molar-refractivity contribution in [3.8, 4) is 11.5 Å². The zero-order valence-corrected chi connectivity index (χ0v) is 26.6. The average molecular weight is 581 g/mol. The molecule has 232 valence electrons. The van der Waals surface area contributed by atoms with Gasteiger partial charge in [-0.3, -0.25) is 0 Å². The van der Waals surface area contributed by atoms with Crippen LogP contribution in [0, 0.1) is 5.92 Å². The number of benzene rings is 2. The van der Waals surface area contributed by atoms with Crippen molar-refractivity contribution in [2.24, 2.45) is 5.92 Å². The van der Waals surface area contributed by atoms with Gasteiger partial charge in [-0.2, -0.15) is 0 Å². The van der Waals surface area contributed by atoms with Crippen LogP contribution in [0.5, 0.6) is 11.5 Å². The van der Waals surface area contributed by atoms with Crippen LogP contribution in [-0.2, 0) is 19.1 Å². The fourth-order valence-electron chi connectivity index (χ4n) is 4.08. The molecule has 0 heterocycles. The number of rotatable bonds is 18. The Morgan fingerprint density at radius 2 is 1.19 bits per heavy atom. The Kier molecular flexibility index (Phi) is 20.0. The first-order chi connectivity index (χ1) is 20.4. The van der Waals surface area contributed by atoms with Crippen LogP contribution in [0.2, 0.25) is 0 Å². The van der Waals surface area contributed by atoms with E-state index in [0.29, 0.717) is 12.5 Å². The lowest BCUT2D eigenvalue weighted by atomic mass is 10.0. The third-order valence-corrected chi connectivity index (χ3v) is 6.93. The van der Waals surface area contributed by atoms with Gasteiger partial charge in [-0.25, -0.2) is 9.59 Å². The Morgan fingerprint density at radius 3 is 1.64 bits per heavy atom. The lowest BCUT2D eigenvalue weighted by Gasteiger charge is -2.14. The van der Waals surface area contributed by atoms with Gasteiger partial charge < -0.3 is 18.9 Å². The summed E-state index contributed by atoms with van der Waals surface area (Å²) in [6.07, 6.45) is 16.4. The molecular weight excluding hydrogens is 528 g/mol. The Balaban J connectivity index is 0.000000420. The maximum Gasteiger partial charge on any atom is 0.331 e. The second-order valence-corrected chi connectivity index (χ2v) is 10.2. The minimum Gasteiger partial charge on any atom is -0.497 e. The van der Waals surface area contributed by atoms with E-state index in [9.17, 15) is 9.59 Å². The van der Waals surface area contributed by atoms with Crippen LogP contribution in [0.1, 0.15) is 96.6 Å². The van der Waals surface area contributed by atoms with E-state index in [1.54, 1.807) is 26.4 Å². The normalized spacial score (nSPS) is 12.3. The second-order valence-electron chi connectivity index (χ2n) is 10.2. The van der Waals surface area contributed by atoms with Gasteiger partial charge in [0.1, 0.15) is 17.6 Å². The molecule has 0 saturated carbocycles. The third kappa shape index (κ3) is 16.7. The molecule has 0 aromatic heterocycles. The highest BCUT2D eigenvalue weighted by atomic mass is 16.5. The molecule has 42 heavy (non-hydrogen) atoms. The number of methoxy groups -OCH3 is 2. The number of hydrogen-bond acceptors (Lipinski definition) is 6. The van der Waals surface area contributed by atoms with E-state index in [-0.39, 0.29) is 18.0 Å². The summed E-state index contributed by atoms with van der Waals surface area (Å²) < 4.78 is 21.0. The molecule has 0 N–H and O–H groups in total. The zero-order valence-electron chi connectivity index (χ0n) is 26.6. The highest BCUT2D eigenvalue weighted by Crippen LogP contribution is 2.15. The van der Waals surface area contributed by atoms with Crippen molar-refractivity contribution in [3.63, 3.8) is 0 Å². The number of carbonyl (C=O) groups is 2. The molecule has 0 saturated heterocycles. The number of unbranched alkanes of at least 4 members (excludes halogenated alkanes) is 3. The molecule has 2 rings (SSSR count). The second kappa shape index (κ2) is 23.1. The van der Waals surface area contributed by atoms with E-state index in [0.717, 1.165) is 54.7 Å². The van der Waals surface area contributed by atoms with Gasteiger partial charge in [0.15, 0.2) is 0 Å². The summed E-state index contributed by atoms with van der Waals surface area (Å²) in [5, 5.41) is 0. The number of hydrogen-bond donors (Lipinski definition) is 0. The summed E-state index contributed by atoms with van der Waals surface area (Å²) in [7, 11) is 3.26. The molecule has 0 bridgehead atoms. The first kappa shape index (κ1) is 36.5. The van der Waals surface area contributed by atoms with Crippen molar-refractivity contribution in [3.05, 3.63) is 71.8 Å². The predicted molar refractivity (Wildman–Crippen MR) is 173 cm³/mol. The molecule has 2 unspecified atom stereocenters. The molecular formula is C36H52O6. The van der Waals surface area contributed by atoms with Gasteiger partial charge in [-0.1, -0.05) is 84.1 Å². The van der Waals surface area contributed by atoms with Gasteiger partial charge in [0, 0.05) is 12.2 Å². The first-order valence-electron chi connectivity index (χ1n) is 15.4. The third-order valence-electron chi connectivity index (χ3n) is 6.93. The lowest BCUT2D eigenvalue weighted by Crippen LogP contribution is -2.15. The van der Waals surface area contributed by atoms with E-state index in [4.69, 9.17) is 18.9 Å². The maximum atomic E-state index is 11.8. The smallest absolute Gasteiger partial charge is 0.331 e. The summed E-state index contributed by atoms with van der Waals surface area (Å²) in [4.78, 5) is 23.5. The largest absolute Gasteiger partial charge is 0.497 e. The molecule has 0 fully saturated rings. The predicted octanol–water partition coefficient (Wildman–Crippen LogP) is 9.08. The molecule has 2 aromatic carbocycles. The van der Waals surface area contributed by atoms with Crippen molar-refractivity contribution >= 4 is 24.1 Å². The van der Waals surface area contributed by atoms with Crippen molar-refractivity contribution in [2.75, 3.05) is 20.8 Å². The Morgan fingerprint density at radius 1 is 0.667 bits per heavy atom. The fourth-order valence-corrected chi connectivity index (χ4v) is 4.08. The SMILES string of the molecule is CCCCC(CC)COC(=O)/C=C/c1ccc(OC)cc1.CCCCCC(CC)OC(=O)/C=C/c1ccc(OC)cc1. The zero-order chi connectivity index (χ0) is 31.0. The highest BCUT2D eigenvalue weighted by Gasteiger charge is 2.10. The average Bonchev–Trinajstić information content (AvgIpc) is 3.03. The Bertz CT molecular complexity index is 1040. The van der Waals surface area contributed by atoms with Gasteiger partial charge >= 0.3 is 11.9 Å². The molecule has 0 aliphatic carbocycles. The molecule has 0 aliphatic rings. The molecule has 0 spiro atoms. The van der Waals surface area contributed by atoms with Crippen molar-refractivity contribution in [1.82, 2.24) is 0 Å². The Hall–Kier alpha value is -3.54. The topological polar surface area (TPSA) is 71.1 Å².